The quantitative estimate of drug-likeness (QED) is 0.798. The third kappa shape index (κ3) is 2.15. The summed E-state index contributed by atoms with van der Waals surface area (Å²) in [4.78, 5) is 2.67. The van der Waals surface area contributed by atoms with E-state index < -0.39 is 0 Å². The standard InChI is InChI=1S/C15H28N2/c1-15(2)12-7-11(8-13(15)9-12)10-17-5-3-14(16)4-6-17/h11-14H,3-10,16H2,1-2H3/t11-,12-,13+. The monoisotopic (exact) mass is 236 g/mol. The molecular formula is C15H28N2. The Balaban J connectivity index is 1.49. The van der Waals surface area contributed by atoms with Crippen LogP contribution in [0.15, 0.2) is 0 Å². The molecule has 0 aromatic heterocycles. The van der Waals surface area contributed by atoms with E-state index in [0.29, 0.717) is 11.5 Å². The molecule has 0 radical (unpaired) electrons. The van der Waals surface area contributed by atoms with Gasteiger partial charge in [-0.05, 0) is 68.4 Å². The molecule has 2 heteroatoms. The molecule has 17 heavy (non-hydrogen) atoms. The second-order valence-corrected chi connectivity index (χ2v) is 7.43. The van der Waals surface area contributed by atoms with Crippen LogP contribution in [0.25, 0.3) is 0 Å². The van der Waals surface area contributed by atoms with Gasteiger partial charge in [-0.25, -0.2) is 0 Å². The summed E-state index contributed by atoms with van der Waals surface area (Å²) in [6.45, 7) is 8.83. The number of hydrogen-bond acceptors (Lipinski definition) is 2. The number of rotatable bonds is 2. The predicted molar refractivity (Wildman–Crippen MR) is 71.8 cm³/mol. The first-order chi connectivity index (χ1) is 8.05. The molecule has 1 saturated heterocycles. The summed E-state index contributed by atoms with van der Waals surface area (Å²) in [5.41, 5.74) is 6.64. The van der Waals surface area contributed by atoms with Crippen molar-refractivity contribution in [1.82, 2.24) is 4.90 Å². The van der Waals surface area contributed by atoms with Gasteiger partial charge in [0, 0.05) is 12.6 Å². The normalized spacial score (nSPS) is 42.2. The minimum atomic E-state index is 0.477. The Bertz CT molecular complexity index is 265. The van der Waals surface area contributed by atoms with E-state index in [1.807, 2.05) is 0 Å². The zero-order valence-electron chi connectivity index (χ0n) is 11.5. The van der Waals surface area contributed by atoms with E-state index in [0.717, 1.165) is 17.8 Å². The molecule has 0 aromatic rings. The molecule has 0 aromatic carbocycles. The van der Waals surface area contributed by atoms with E-state index in [2.05, 4.69) is 18.7 Å². The molecule has 0 amide bonds. The van der Waals surface area contributed by atoms with Crippen LogP contribution in [0.5, 0.6) is 0 Å². The fourth-order valence-electron chi connectivity index (χ4n) is 4.47. The number of hydrogen-bond donors (Lipinski definition) is 1. The predicted octanol–water partition coefficient (Wildman–Crippen LogP) is 2.48. The average Bonchev–Trinajstić information content (AvgIpc) is 2.32. The third-order valence-corrected chi connectivity index (χ3v) is 6.06. The van der Waals surface area contributed by atoms with Crippen molar-refractivity contribution < 1.29 is 0 Å². The van der Waals surface area contributed by atoms with E-state index in [1.54, 1.807) is 0 Å². The molecule has 4 aliphatic rings. The van der Waals surface area contributed by atoms with Crippen molar-refractivity contribution >= 4 is 0 Å². The Kier molecular flexibility index (Phi) is 2.99. The minimum absolute atomic E-state index is 0.477. The van der Waals surface area contributed by atoms with Gasteiger partial charge < -0.3 is 10.6 Å². The Labute approximate surface area is 106 Å². The fraction of sp³-hybridized carbons (Fsp3) is 1.00. The number of likely N-dealkylation sites (tertiary alicyclic amines) is 1. The zero-order chi connectivity index (χ0) is 12.0. The lowest BCUT2D eigenvalue weighted by Crippen LogP contribution is -2.52. The maximum atomic E-state index is 5.97. The summed E-state index contributed by atoms with van der Waals surface area (Å²) in [5, 5.41) is 0. The first kappa shape index (κ1) is 12.0. The van der Waals surface area contributed by atoms with Crippen molar-refractivity contribution in [2.24, 2.45) is 28.9 Å². The van der Waals surface area contributed by atoms with E-state index in [4.69, 9.17) is 5.73 Å². The number of nitrogens with two attached hydrogens (primary N) is 1. The van der Waals surface area contributed by atoms with Crippen molar-refractivity contribution in [3.05, 3.63) is 0 Å². The minimum Gasteiger partial charge on any atom is -0.328 e. The highest BCUT2D eigenvalue weighted by Crippen LogP contribution is 2.60. The molecule has 4 rings (SSSR count). The summed E-state index contributed by atoms with van der Waals surface area (Å²) in [6, 6.07) is 0.477. The molecule has 0 spiro atoms. The molecule has 1 heterocycles. The second-order valence-electron chi connectivity index (χ2n) is 7.43. The molecule has 1 aliphatic heterocycles. The van der Waals surface area contributed by atoms with Crippen molar-refractivity contribution in [2.45, 2.75) is 52.0 Å². The summed E-state index contributed by atoms with van der Waals surface area (Å²) in [5.74, 6) is 3.04. The van der Waals surface area contributed by atoms with Gasteiger partial charge in [0.25, 0.3) is 0 Å². The lowest BCUT2D eigenvalue weighted by atomic mass is 9.47. The molecular weight excluding hydrogens is 208 g/mol. The van der Waals surface area contributed by atoms with Crippen LogP contribution >= 0.6 is 0 Å². The smallest absolute Gasteiger partial charge is 0.00631 e. The molecule has 2 nitrogen and oxygen atoms in total. The lowest BCUT2D eigenvalue weighted by Gasteiger charge is -2.59. The van der Waals surface area contributed by atoms with Crippen LogP contribution in [0, 0.1) is 23.2 Å². The molecule has 3 atom stereocenters. The van der Waals surface area contributed by atoms with Gasteiger partial charge in [-0.1, -0.05) is 13.8 Å². The lowest BCUT2D eigenvalue weighted by molar-refractivity contribution is -0.0951. The van der Waals surface area contributed by atoms with Gasteiger partial charge in [0.05, 0.1) is 0 Å². The SMILES string of the molecule is CC1(C)[C@@H]2C[C@@H](CN3CCC(N)CC3)C[C@H]1C2. The van der Waals surface area contributed by atoms with Gasteiger partial charge in [-0.2, -0.15) is 0 Å². The van der Waals surface area contributed by atoms with Crippen LogP contribution in [0.3, 0.4) is 0 Å². The highest BCUT2D eigenvalue weighted by molar-refractivity contribution is 5.02. The summed E-state index contributed by atoms with van der Waals surface area (Å²) in [7, 11) is 0. The Morgan fingerprint density at radius 2 is 1.65 bits per heavy atom. The van der Waals surface area contributed by atoms with Gasteiger partial charge in [0.2, 0.25) is 0 Å². The maximum absolute atomic E-state index is 5.97. The number of nitrogens with zero attached hydrogens (tertiary/aromatic N) is 1. The Hall–Kier alpha value is -0.0800. The van der Waals surface area contributed by atoms with Crippen LogP contribution in [0.4, 0.5) is 0 Å². The first-order valence-corrected chi connectivity index (χ1v) is 7.53. The topological polar surface area (TPSA) is 29.3 Å². The third-order valence-electron chi connectivity index (χ3n) is 6.06. The Morgan fingerprint density at radius 1 is 1.06 bits per heavy atom. The molecule has 98 valence electrons. The van der Waals surface area contributed by atoms with Crippen molar-refractivity contribution in [3.63, 3.8) is 0 Å². The van der Waals surface area contributed by atoms with E-state index in [-0.39, 0.29) is 0 Å². The van der Waals surface area contributed by atoms with Crippen LogP contribution < -0.4 is 5.73 Å². The zero-order valence-corrected chi connectivity index (χ0v) is 11.5. The van der Waals surface area contributed by atoms with Crippen LogP contribution in [-0.2, 0) is 0 Å². The van der Waals surface area contributed by atoms with Crippen molar-refractivity contribution in [2.75, 3.05) is 19.6 Å². The van der Waals surface area contributed by atoms with Crippen LogP contribution in [0.2, 0.25) is 0 Å². The van der Waals surface area contributed by atoms with Crippen LogP contribution in [0.1, 0.15) is 46.0 Å². The van der Waals surface area contributed by atoms with E-state index in [1.165, 1.54) is 51.7 Å². The molecule has 2 N–H and O–H groups in total. The highest BCUT2D eigenvalue weighted by atomic mass is 15.1. The van der Waals surface area contributed by atoms with Gasteiger partial charge in [0.15, 0.2) is 0 Å². The van der Waals surface area contributed by atoms with E-state index >= 15 is 0 Å². The number of fused-ring (bicyclic) bond motifs is 2. The van der Waals surface area contributed by atoms with Gasteiger partial charge in [-0.3, -0.25) is 0 Å². The van der Waals surface area contributed by atoms with Gasteiger partial charge >= 0.3 is 0 Å². The molecule has 4 fully saturated rings. The Morgan fingerprint density at radius 3 is 2.18 bits per heavy atom. The summed E-state index contributed by atoms with van der Waals surface area (Å²) in [6.07, 6.45) is 6.93. The van der Waals surface area contributed by atoms with Gasteiger partial charge in [-0.15, -0.1) is 0 Å². The average molecular weight is 236 g/mol. The fourth-order valence-corrected chi connectivity index (χ4v) is 4.47. The molecule has 3 saturated carbocycles. The summed E-state index contributed by atoms with van der Waals surface area (Å²) >= 11 is 0. The van der Waals surface area contributed by atoms with Crippen molar-refractivity contribution in [3.8, 4) is 0 Å². The molecule has 3 aliphatic carbocycles. The molecule has 2 bridgehead atoms. The second kappa shape index (κ2) is 4.24. The maximum Gasteiger partial charge on any atom is 0.00631 e. The van der Waals surface area contributed by atoms with Crippen LogP contribution in [-0.4, -0.2) is 30.6 Å². The first-order valence-electron chi connectivity index (χ1n) is 7.53. The highest BCUT2D eigenvalue weighted by Gasteiger charge is 2.52. The summed E-state index contributed by atoms with van der Waals surface area (Å²) < 4.78 is 0. The largest absolute Gasteiger partial charge is 0.328 e. The van der Waals surface area contributed by atoms with Gasteiger partial charge in [0.1, 0.15) is 0 Å². The molecule has 0 unspecified atom stereocenters. The number of piperidine rings is 1. The van der Waals surface area contributed by atoms with E-state index in [9.17, 15) is 0 Å². The van der Waals surface area contributed by atoms with Crippen molar-refractivity contribution in [1.29, 1.82) is 0 Å².